The number of aromatic amines is 1. The summed E-state index contributed by atoms with van der Waals surface area (Å²) < 4.78 is 38.6. The average Bonchev–Trinajstić information content (AvgIpc) is 3.08. The Morgan fingerprint density at radius 3 is 2.52 bits per heavy atom. The van der Waals surface area contributed by atoms with Gasteiger partial charge >= 0.3 is 6.18 Å². The van der Waals surface area contributed by atoms with E-state index in [4.69, 9.17) is 5.73 Å². The fourth-order valence-electron chi connectivity index (χ4n) is 3.04. The van der Waals surface area contributed by atoms with Crippen LogP contribution in [0.3, 0.4) is 0 Å². The van der Waals surface area contributed by atoms with Crippen molar-refractivity contribution in [2.24, 2.45) is 0 Å². The van der Waals surface area contributed by atoms with Gasteiger partial charge < -0.3 is 11.1 Å². The van der Waals surface area contributed by atoms with Crippen LogP contribution in [0, 0.1) is 0 Å². The minimum Gasteiger partial charge on any atom is -0.382 e. The Kier molecular flexibility index (Phi) is 4.46. The highest BCUT2D eigenvalue weighted by Gasteiger charge is 2.30. The summed E-state index contributed by atoms with van der Waals surface area (Å²) in [7, 11) is 0. The lowest BCUT2D eigenvalue weighted by molar-refractivity contribution is -0.137. The molecule has 4 N–H and O–H groups in total. The van der Waals surface area contributed by atoms with Gasteiger partial charge in [0.15, 0.2) is 5.82 Å². The topological polar surface area (TPSA) is 83.8 Å². The van der Waals surface area contributed by atoms with E-state index in [-0.39, 0.29) is 5.56 Å². The van der Waals surface area contributed by atoms with Crippen molar-refractivity contribution >= 4 is 28.3 Å². The van der Waals surface area contributed by atoms with E-state index in [1.807, 2.05) is 24.3 Å². The van der Waals surface area contributed by atoms with Crippen LogP contribution in [0.25, 0.3) is 22.0 Å². The number of nitrogens with one attached hydrogen (secondary N) is 2. The minimum absolute atomic E-state index is 0.0698. The van der Waals surface area contributed by atoms with Crippen molar-refractivity contribution in [2.75, 3.05) is 11.1 Å². The summed E-state index contributed by atoms with van der Waals surface area (Å²) in [5.41, 5.74) is 7.77. The third-order valence-electron chi connectivity index (χ3n) is 4.50. The third kappa shape index (κ3) is 3.77. The van der Waals surface area contributed by atoms with Crippen molar-refractivity contribution in [1.29, 1.82) is 0 Å². The van der Waals surface area contributed by atoms with Gasteiger partial charge in [0, 0.05) is 16.6 Å². The van der Waals surface area contributed by atoms with Gasteiger partial charge in [0.1, 0.15) is 0 Å². The number of nitrogens with zero attached hydrogens (tertiary/aromatic N) is 1. The molecule has 8 heteroatoms. The molecule has 0 aliphatic rings. The third-order valence-corrected chi connectivity index (χ3v) is 4.50. The van der Waals surface area contributed by atoms with Gasteiger partial charge in [-0.25, -0.2) is 0 Å². The molecular formula is C21H15F3N4O. The van der Waals surface area contributed by atoms with Crippen LogP contribution in [0.4, 0.5) is 24.7 Å². The molecule has 0 radical (unpaired) electrons. The second-order valence-corrected chi connectivity index (χ2v) is 6.48. The van der Waals surface area contributed by atoms with E-state index in [0.29, 0.717) is 11.5 Å². The van der Waals surface area contributed by atoms with E-state index >= 15 is 0 Å². The lowest BCUT2D eigenvalue weighted by atomic mass is 10.0. The molecule has 0 bridgehead atoms. The molecule has 0 atom stereocenters. The number of halogens is 3. The van der Waals surface area contributed by atoms with E-state index in [1.54, 1.807) is 18.2 Å². The van der Waals surface area contributed by atoms with Crippen LogP contribution in [-0.4, -0.2) is 16.1 Å². The first kappa shape index (κ1) is 18.5. The number of rotatable bonds is 3. The minimum atomic E-state index is -4.51. The SMILES string of the molecule is Nc1n[nH]c2cc(-c3cccc(NC(=O)c4cccc(C(F)(F)F)c4)c3)ccc12. The maximum absolute atomic E-state index is 12.9. The predicted molar refractivity (Wildman–Crippen MR) is 105 cm³/mol. The largest absolute Gasteiger partial charge is 0.416 e. The smallest absolute Gasteiger partial charge is 0.382 e. The molecule has 5 nitrogen and oxygen atoms in total. The predicted octanol–water partition coefficient (Wildman–Crippen LogP) is 5.08. The summed E-state index contributed by atoms with van der Waals surface area (Å²) in [5, 5.41) is 10.3. The molecule has 1 amide bonds. The van der Waals surface area contributed by atoms with Crippen molar-refractivity contribution in [3.8, 4) is 11.1 Å². The van der Waals surface area contributed by atoms with Crippen LogP contribution >= 0.6 is 0 Å². The molecule has 4 rings (SSSR count). The number of aromatic nitrogens is 2. The van der Waals surface area contributed by atoms with Crippen LogP contribution in [0.1, 0.15) is 15.9 Å². The van der Waals surface area contributed by atoms with E-state index in [2.05, 4.69) is 15.5 Å². The number of nitrogens with two attached hydrogens (primary N) is 1. The molecular weight excluding hydrogens is 381 g/mol. The Morgan fingerprint density at radius 2 is 1.72 bits per heavy atom. The molecule has 0 spiro atoms. The van der Waals surface area contributed by atoms with Gasteiger partial charge in [0.05, 0.1) is 11.1 Å². The van der Waals surface area contributed by atoms with Crippen LogP contribution in [-0.2, 0) is 6.18 Å². The number of carbonyl (C=O) groups is 1. The second kappa shape index (κ2) is 6.97. The average molecular weight is 396 g/mol. The fraction of sp³-hybridized carbons (Fsp3) is 0.0476. The van der Waals surface area contributed by atoms with E-state index < -0.39 is 17.6 Å². The molecule has 1 heterocycles. The number of benzene rings is 3. The molecule has 3 aromatic carbocycles. The van der Waals surface area contributed by atoms with Gasteiger partial charge in [-0.2, -0.15) is 18.3 Å². The summed E-state index contributed by atoms with van der Waals surface area (Å²) in [6, 6.07) is 16.9. The van der Waals surface area contributed by atoms with E-state index in [0.717, 1.165) is 34.2 Å². The van der Waals surface area contributed by atoms with Crippen LogP contribution in [0.2, 0.25) is 0 Å². The molecule has 146 valence electrons. The van der Waals surface area contributed by atoms with Gasteiger partial charge in [-0.05, 0) is 53.6 Å². The maximum atomic E-state index is 12.9. The fourth-order valence-corrected chi connectivity index (χ4v) is 3.04. The quantitative estimate of drug-likeness (QED) is 0.451. The van der Waals surface area contributed by atoms with Crippen LogP contribution in [0.15, 0.2) is 66.7 Å². The van der Waals surface area contributed by atoms with Gasteiger partial charge in [-0.15, -0.1) is 0 Å². The van der Waals surface area contributed by atoms with Crippen molar-refractivity contribution in [3.63, 3.8) is 0 Å². The molecule has 29 heavy (non-hydrogen) atoms. The molecule has 0 saturated carbocycles. The highest BCUT2D eigenvalue weighted by molar-refractivity contribution is 6.04. The summed E-state index contributed by atoms with van der Waals surface area (Å²) in [6.07, 6.45) is -4.51. The summed E-state index contributed by atoms with van der Waals surface area (Å²) in [4.78, 5) is 12.4. The summed E-state index contributed by atoms with van der Waals surface area (Å²) >= 11 is 0. The number of hydrogen-bond donors (Lipinski definition) is 3. The number of H-pyrrole nitrogens is 1. The Balaban J connectivity index is 1.59. The lowest BCUT2D eigenvalue weighted by Crippen LogP contribution is -2.13. The Bertz CT molecular complexity index is 1210. The van der Waals surface area contributed by atoms with Gasteiger partial charge in [0.2, 0.25) is 0 Å². The first-order valence-electron chi connectivity index (χ1n) is 8.64. The molecule has 4 aromatic rings. The maximum Gasteiger partial charge on any atom is 0.416 e. The summed E-state index contributed by atoms with van der Waals surface area (Å²) in [6.45, 7) is 0. The normalized spacial score (nSPS) is 11.6. The van der Waals surface area contributed by atoms with Gasteiger partial charge in [-0.1, -0.05) is 24.3 Å². The Morgan fingerprint density at radius 1 is 0.966 bits per heavy atom. The number of carbonyl (C=O) groups excluding carboxylic acids is 1. The molecule has 0 aliphatic heterocycles. The lowest BCUT2D eigenvalue weighted by Gasteiger charge is -2.10. The second-order valence-electron chi connectivity index (χ2n) is 6.48. The molecule has 0 unspecified atom stereocenters. The Labute approximate surface area is 163 Å². The van der Waals surface area contributed by atoms with Crippen molar-refractivity contribution in [3.05, 3.63) is 77.9 Å². The zero-order valence-electron chi connectivity index (χ0n) is 14.9. The summed E-state index contributed by atoms with van der Waals surface area (Å²) in [5.74, 6) is -0.210. The highest BCUT2D eigenvalue weighted by Crippen LogP contribution is 2.30. The molecule has 0 aliphatic carbocycles. The zero-order chi connectivity index (χ0) is 20.6. The number of hydrogen-bond acceptors (Lipinski definition) is 3. The zero-order valence-corrected chi connectivity index (χ0v) is 14.9. The van der Waals surface area contributed by atoms with Gasteiger partial charge in [0.25, 0.3) is 5.91 Å². The molecule has 0 fully saturated rings. The monoisotopic (exact) mass is 396 g/mol. The van der Waals surface area contributed by atoms with Crippen molar-refractivity contribution < 1.29 is 18.0 Å². The number of alkyl halides is 3. The standard InChI is InChI=1S/C21H15F3N4O/c22-21(23,24)15-5-1-4-14(9-15)20(29)26-16-6-2-3-12(10-16)13-7-8-17-18(11-13)27-28-19(17)25/h1-11H,(H,26,29)(H3,25,27,28). The highest BCUT2D eigenvalue weighted by atomic mass is 19.4. The van der Waals surface area contributed by atoms with E-state index in [1.165, 1.54) is 12.1 Å². The van der Waals surface area contributed by atoms with Crippen molar-refractivity contribution in [1.82, 2.24) is 10.2 Å². The Hall–Kier alpha value is -3.81. The number of nitrogen functional groups attached to an aromatic ring is 1. The van der Waals surface area contributed by atoms with Gasteiger partial charge in [-0.3, -0.25) is 9.89 Å². The molecule has 0 saturated heterocycles. The number of anilines is 2. The van der Waals surface area contributed by atoms with Crippen molar-refractivity contribution in [2.45, 2.75) is 6.18 Å². The molecule has 1 aromatic heterocycles. The van der Waals surface area contributed by atoms with Crippen LogP contribution < -0.4 is 11.1 Å². The number of amides is 1. The van der Waals surface area contributed by atoms with Crippen LogP contribution in [0.5, 0.6) is 0 Å². The first-order valence-corrected chi connectivity index (χ1v) is 8.64. The first-order chi connectivity index (χ1) is 13.8. The number of fused-ring (bicyclic) bond motifs is 1. The van der Waals surface area contributed by atoms with E-state index in [9.17, 15) is 18.0 Å².